The number of aliphatic hydroxyl groups excluding tert-OH is 1. The molecule has 1 fully saturated rings. The molecule has 4 unspecified atom stereocenters. The monoisotopic (exact) mass is 714 g/mol. The normalized spacial score (nSPS) is 15.9. The molecule has 0 bridgehead atoms. The number of hydrogen-bond acceptors (Lipinski definition) is 9. The number of ketones is 1. The number of carbonyl (C=O) groups excluding carboxylic acids is 3. The van der Waals surface area contributed by atoms with Gasteiger partial charge < -0.3 is 19.3 Å². The third kappa shape index (κ3) is 11.8. The average Bonchev–Trinajstić information content (AvgIpc) is 3.05. The number of aliphatic hydroxyl groups is 1. The molecule has 2 amide bonds. The fraction of sp³-hybridized carbons (Fsp3) is 0.400. The van der Waals surface area contributed by atoms with Crippen molar-refractivity contribution in [2.45, 2.75) is 58.3 Å². The van der Waals surface area contributed by atoms with E-state index in [1.165, 1.54) is 24.1 Å². The van der Waals surface area contributed by atoms with Gasteiger partial charge in [-0.1, -0.05) is 56.3 Å². The van der Waals surface area contributed by atoms with E-state index in [1.807, 2.05) is 71.1 Å². The van der Waals surface area contributed by atoms with Crippen LogP contribution in [0.25, 0.3) is 0 Å². The van der Waals surface area contributed by atoms with Crippen molar-refractivity contribution in [2.24, 2.45) is 5.92 Å². The molecule has 0 radical (unpaired) electrons. The number of anilines is 1. The van der Waals surface area contributed by atoms with Gasteiger partial charge in [0.1, 0.15) is 5.75 Å². The number of cyclic esters (lactones) is 1. The van der Waals surface area contributed by atoms with Gasteiger partial charge in [0.25, 0.3) is 5.91 Å². The predicted octanol–water partition coefficient (Wildman–Crippen LogP) is 5.14. The summed E-state index contributed by atoms with van der Waals surface area (Å²) >= 11 is 1.17. The Labute approximate surface area is 297 Å². The van der Waals surface area contributed by atoms with Crippen molar-refractivity contribution in [3.05, 3.63) is 90.0 Å². The summed E-state index contributed by atoms with van der Waals surface area (Å²) in [7, 11) is 4.54. The topological polar surface area (TPSA) is 112 Å². The maximum atomic E-state index is 13.5. The SMILES string of the molecule is CC(=O)c1ccc(N2CCC(C(=O)NC(Cc3ccccc3)C(O)CN(CCC(C)C)N(C)SOc3cccc(P)c3)OC2=O)cc1.S. The Kier molecular flexibility index (Phi) is 15.7. The van der Waals surface area contributed by atoms with Gasteiger partial charge >= 0.3 is 6.09 Å². The number of nitrogens with one attached hydrogen (secondary N) is 1. The minimum atomic E-state index is -1.00. The Bertz CT molecular complexity index is 1480. The molecule has 10 nitrogen and oxygen atoms in total. The van der Waals surface area contributed by atoms with Gasteiger partial charge in [-0.2, -0.15) is 17.9 Å². The van der Waals surface area contributed by atoms with Crippen LogP contribution in [-0.2, 0) is 16.0 Å². The molecule has 3 aromatic carbocycles. The number of ether oxygens (including phenoxy) is 1. The summed E-state index contributed by atoms with van der Waals surface area (Å²) < 4.78 is 13.4. The van der Waals surface area contributed by atoms with Crippen LogP contribution in [0.1, 0.15) is 49.5 Å². The van der Waals surface area contributed by atoms with Gasteiger partial charge in [-0.25, -0.2) is 9.80 Å². The quantitative estimate of drug-likeness (QED) is 0.0685. The lowest BCUT2D eigenvalue weighted by atomic mass is 10.00. The largest absolute Gasteiger partial charge is 0.436 e. The smallest absolute Gasteiger partial charge is 0.415 e. The summed E-state index contributed by atoms with van der Waals surface area (Å²) in [5.41, 5.74) is 2.09. The number of rotatable bonds is 16. The van der Waals surface area contributed by atoms with Crippen LogP contribution in [-0.4, -0.2) is 77.2 Å². The molecular formula is C35H47N4O6PS2. The first-order valence-electron chi connectivity index (χ1n) is 15.8. The van der Waals surface area contributed by atoms with E-state index in [4.69, 9.17) is 8.92 Å². The standard InChI is InChI=1S/C35H45N4O6PS.H2S/c1-24(2)17-19-38(37(4)47-45-29-11-8-12-30(46)22-29)23-32(41)31(21-26-9-6-5-7-10-26)36-34(42)33-18-20-39(35(43)44-33)28-15-13-27(14-16-28)25(3)40;/h5-16,22,24,31-33,41H,17-21,23,46H2,1-4H3,(H,36,42);1H2. The Balaban J connectivity index is 0.00000625. The lowest BCUT2D eigenvalue weighted by molar-refractivity contribution is -0.132. The second kappa shape index (κ2) is 19.2. The number of Topliss-reactive ketones (excluding diaryl/α,β-unsaturated/α-hetero) is 1. The fourth-order valence-corrected chi connectivity index (χ4v) is 5.93. The number of nitrogens with zero attached hydrogens (tertiary/aromatic N) is 3. The molecular weight excluding hydrogens is 668 g/mol. The van der Waals surface area contributed by atoms with E-state index < -0.39 is 30.3 Å². The van der Waals surface area contributed by atoms with Crippen molar-refractivity contribution in [1.29, 1.82) is 0 Å². The number of benzene rings is 3. The number of hydrazine groups is 1. The maximum absolute atomic E-state index is 13.5. The second-order valence-electron chi connectivity index (χ2n) is 12.1. The highest BCUT2D eigenvalue weighted by atomic mass is 32.2. The Morgan fingerprint density at radius 3 is 2.44 bits per heavy atom. The van der Waals surface area contributed by atoms with Gasteiger partial charge in [0.05, 0.1) is 12.1 Å². The summed E-state index contributed by atoms with van der Waals surface area (Å²) in [6.45, 7) is 6.95. The molecule has 1 aliphatic heterocycles. The molecule has 260 valence electrons. The van der Waals surface area contributed by atoms with E-state index in [2.05, 4.69) is 28.4 Å². The zero-order valence-corrected chi connectivity index (χ0v) is 30.8. The molecule has 1 saturated heterocycles. The van der Waals surface area contributed by atoms with Crippen molar-refractivity contribution in [3.63, 3.8) is 0 Å². The van der Waals surface area contributed by atoms with E-state index in [0.29, 0.717) is 35.9 Å². The number of carbonyl (C=O) groups is 3. The zero-order chi connectivity index (χ0) is 33.9. The first-order valence-corrected chi connectivity index (χ1v) is 17.1. The van der Waals surface area contributed by atoms with Crippen molar-refractivity contribution >= 4 is 63.7 Å². The van der Waals surface area contributed by atoms with Crippen molar-refractivity contribution in [2.75, 3.05) is 31.6 Å². The molecule has 3 aromatic rings. The van der Waals surface area contributed by atoms with E-state index in [9.17, 15) is 19.5 Å². The van der Waals surface area contributed by atoms with Gasteiger partial charge in [0.2, 0.25) is 0 Å². The molecule has 0 aromatic heterocycles. The third-order valence-corrected chi connectivity index (χ3v) is 8.98. The van der Waals surface area contributed by atoms with E-state index >= 15 is 0 Å². The van der Waals surface area contributed by atoms with Gasteiger partial charge in [0, 0.05) is 44.4 Å². The Morgan fingerprint density at radius 2 is 1.81 bits per heavy atom. The van der Waals surface area contributed by atoms with E-state index in [-0.39, 0.29) is 38.8 Å². The maximum Gasteiger partial charge on any atom is 0.415 e. The van der Waals surface area contributed by atoms with E-state index in [0.717, 1.165) is 17.3 Å². The highest BCUT2D eigenvalue weighted by molar-refractivity contribution is 7.92. The first kappa shape index (κ1) is 39.3. The van der Waals surface area contributed by atoms with Crippen LogP contribution in [0.3, 0.4) is 0 Å². The molecule has 0 aliphatic carbocycles. The molecule has 4 atom stereocenters. The molecule has 48 heavy (non-hydrogen) atoms. The Morgan fingerprint density at radius 1 is 1.10 bits per heavy atom. The highest BCUT2D eigenvalue weighted by Crippen LogP contribution is 2.24. The lowest BCUT2D eigenvalue weighted by Gasteiger charge is -2.35. The molecule has 0 spiro atoms. The minimum Gasteiger partial charge on any atom is -0.436 e. The van der Waals surface area contributed by atoms with Crippen molar-refractivity contribution < 1.29 is 28.4 Å². The summed E-state index contributed by atoms with van der Waals surface area (Å²) in [6, 6.07) is 23.4. The summed E-state index contributed by atoms with van der Waals surface area (Å²) in [4.78, 5) is 39.6. The van der Waals surface area contributed by atoms with Gasteiger partial charge in [-0.05, 0) is 72.9 Å². The van der Waals surface area contributed by atoms with Crippen LogP contribution < -0.4 is 19.7 Å². The highest BCUT2D eigenvalue weighted by Gasteiger charge is 2.35. The first-order chi connectivity index (χ1) is 22.5. The molecule has 2 N–H and O–H groups in total. The fourth-order valence-electron chi connectivity index (χ4n) is 5.11. The second-order valence-corrected chi connectivity index (χ2v) is 13.6. The summed E-state index contributed by atoms with van der Waals surface area (Å²) in [5, 5.41) is 17.7. The van der Waals surface area contributed by atoms with E-state index in [1.54, 1.807) is 24.3 Å². The minimum absolute atomic E-state index is 0. The van der Waals surface area contributed by atoms with Gasteiger partial charge in [0.15, 0.2) is 24.1 Å². The molecule has 1 aliphatic rings. The van der Waals surface area contributed by atoms with Crippen LogP contribution in [0.4, 0.5) is 10.5 Å². The zero-order valence-electron chi connectivity index (χ0n) is 27.9. The number of amides is 2. The molecule has 4 rings (SSSR count). The average molecular weight is 715 g/mol. The van der Waals surface area contributed by atoms with Crippen LogP contribution in [0.2, 0.25) is 0 Å². The Hall–Kier alpha value is -3.12. The summed E-state index contributed by atoms with van der Waals surface area (Å²) in [5.74, 6) is 0.629. The number of hydrogen-bond donors (Lipinski definition) is 2. The molecule has 13 heteroatoms. The van der Waals surface area contributed by atoms with Gasteiger partial charge in [-0.3, -0.25) is 14.5 Å². The van der Waals surface area contributed by atoms with Crippen LogP contribution in [0.15, 0.2) is 78.9 Å². The van der Waals surface area contributed by atoms with Crippen LogP contribution in [0.5, 0.6) is 5.75 Å². The predicted molar refractivity (Wildman–Crippen MR) is 200 cm³/mol. The van der Waals surface area contributed by atoms with Gasteiger partial charge in [-0.15, -0.1) is 9.24 Å². The van der Waals surface area contributed by atoms with Crippen LogP contribution in [0, 0.1) is 5.92 Å². The third-order valence-electron chi connectivity index (χ3n) is 7.91. The van der Waals surface area contributed by atoms with Crippen molar-refractivity contribution in [1.82, 2.24) is 14.7 Å². The van der Waals surface area contributed by atoms with Crippen molar-refractivity contribution in [3.8, 4) is 5.75 Å². The molecule has 0 saturated carbocycles. The van der Waals surface area contributed by atoms with Crippen LogP contribution >= 0.6 is 35.0 Å². The summed E-state index contributed by atoms with van der Waals surface area (Å²) in [6.07, 6.45) is -1.06. The lowest BCUT2D eigenvalue weighted by Crippen LogP contribution is -2.55. The molecule has 1 heterocycles.